The first-order valence-electron chi connectivity index (χ1n) is 9.74. The average Bonchev–Trinajstić information content (AvgIpc) is 2.54. The highest BCUT2D eigenvalue weighted by atomic mass is 35.5. The summed E-state index contributed by atoms with van der Waals surface area (Å²) in [5, 5.41) is 13.8. The van der Waals surface area contributed by atoms with Gasteiger partial charge in [0.05, 0.1) is 0 Å². The fourth-order valence-electron chi connectivity index (χ4n) is 2.49. The van der Waals surface area contributed by atoms with Crippen LogP contribution < -0.4 is 21.3 Å². The maximum atomic E-state index is 3.53. The largest absolute Gasteiger partial charge is 0.317 e. The number of unbranched alkanes of at least 4 members (excludes halogenated alkanes) is 5. The van der Waals surface area contributed by atoms with Gasteiger partial charge in [-0.15, -0.1) is 49.6 Å². The zero-order chi connectivity index (χ0) is 16.1. The van der Waals surface area contributed by atoms with Crippen LogP contribution in [0, 0.1) is 0 Å². The van der Waals surface area contributed by atoms with Crippen molar-refractivity contribution in [1.29, 1.82) is 0 Å². The summed E-state index contributed by atoms with van der Waals surface area (Å²) in [5.74, 6) is 0. The Kier molecular flexibility index (Phi) is 53.4. The van der Waals surface area contributed by atoms with Gasteiger partial charge in [-0.25, -0.2) is 0 Å². The van der Waals surface area contributed by atoms with Crippen molar-refractivity contribution >= 4 is 49.6 Å². The van der Waals surface area contributed by atoms with Gasteiger partial charge in [-0.3, -0.25) is 0 Å². The lowest BCUT2D eigenvalue weighted by atomic mass is 10.1. The normalized spacial score (nSPS) is 9.46. The van der Waals surface area contributed by atoms with Crippen LogP contribution in [-0.2, 0) is 0 Å². The summed E-state index contributed by atoms with van der Waals surface area (Å²) in [6.45, 7) is 13.5. The van der Waals surface area contributed by atoms with Gasteiger partial charge in [-0.05, 0) is 78.0 Å². The average molecular weight is 460 g/mol. The lowest BCUT2D eigenvalue weighted by molar-refractivity contribution is 0.536. The molecular weight excluding hydrogens is 414 g/mol. The van der Waals surface area contributed by atoms with Crippen LogP contribution >= 0.6 is 49.6 Å². The van der Waals surface area contributed by atoms with Crippen molar-refractivity contribution in [3.63, 3.8) is 0 Å². The second-order valence-corrected chi connectivity index (χ2v) is 6.04. The Labute approximate surface area is 188 Å². The Bertz CT molecular complexity index is 184. The van der Waals surface area contributed by atoms with E-state index < -0.39 is 0 Å². The fraction of sp³-hybridized carbons (Fsp3) is 1.00. The van der Waals surface area contributed by atoms with Gasteiger partial charge >= 0.3 is 0 Å². The molecule has 0 aliphatic carbocycles. The maximum absolute atomic E-state index is 3.53. The van der Waals surface area contributed by atoms with Crippen LogP contribution in [0.4, 0.5) is 0 Å². The molecule has 0 atom stereocenters. The monoisotopic (exact) mass is 458 g/mol. The Morgan fingerprint density at radius 3 is 0.962 bits per heavy atom. The van der Waals surface area contributed by atoms with Gasteiger partial charge in [-0.1, -0.05) is 39.5 Å². The standard InChI is InChI=1S/C18H42N4.4ClH/c1-3-19-15-11-17-21-13-9-7-5-6-8-10-14-22-18-12-16-20-4-2;;;;/h19-22H,3-18H2,1-2H3;4*1H. The molecule has 4 nitrogen and oxygen atoms in total. The molecule has 0 aromatic heterocycles. The number of nitrogens with one attached hydrogen (secondary N) is 4. The SMILES string of the molecule is CCNCCCNCCCCCCCCNCCCNCC.Cl.Cl.Cl.Cl. The van der Waals surface area contributed by atoms with Crippen LogP contribution in [0.3, 0.4) is 0 Å². The summed E-state index contributed by atoms with van der Waals surface area (Å²) < 4.78 is 0. The minimum atomic E-state index is 0. The van der Waals surface area contributed by atoms with E-state index in [1.807, 2.05) is 0 Å². The minimum Gasteiger partial charge on any atom is -0.317 e. The van der Waals surface area contributed by atoms with E-state index in [1.165, 1.54) is 64.5 Å². The number of rotatable bonds is 19. The van der Waals surface area contributed by atoms with E-state index in [-0.39, 0.29) is 49.6 Å². The molecule has 0 fully saturated rings. The van der Waals surface area contributed by atoms with Crippen LogP contribution in [0.2, 0.25) is 0 Å². The van der Waals surface area contributed by atoms with Crippen molar-refractivity contribution in [2.24, 2.45) is 0 Å². The van der Waals surface area contributed by atoms with E-state index in [0.29, 0.717) is 0 Å². The zero-order valence-electron chi connectivity index (χ0n) is 16.9. The van der Waals surface area contributed by atoms with Gasteiger partial charge < -0.3 is 21.3 Å². The lowest BCUT2D eigenvalue weighted by Gasteiger charge is -2.06. The molecule has 0 aliphatic rings. The van der Waals surface area contributed by atoms with Crippen LogP contribution in [-0.4, -0.2) is 52.4 Å². The second kappa shape index (κ2) is 36.8. The fourth-order valence-corrected chi connectivity index (χ4v) is 2.49. The summed E-state index contributed by atoms with van der Waals surface area (Å²) in [6.07, 6.45) is 10.7. The quantitative estimate of drug-likeness (QED) is 0.219. The molecule has 0 unspecified atom stereocenters. The van der Waals surface area contributed by atoms with E-state index in [9.17, 15) is 0 Å². The van der Waals surface area contributed by atoms with Gasteiger partial charge in [-0.2, -0.15) is 0 Å². The Hall–Kier alpha value is 1.00. The van der Waals surface area contributed by atoms with Gasteiger partial charge in [0.25, 0.3) is 0 Å². The van der Waals surface area contributed by atoms with E-state index in [0.717, 1.165) is 39.3 Å². The van der Waals surface area contributed by atoms with Crippen LogP contribution in [0.1, 0.15) is 65.2 Å². The van der Waals surface area contributed by atoms with Gasteiger partial charge in [0, 0.05) is 0 Å². The first kappa shape index (κ1) is 37.7. The topological polar surface area (TPSA) is 48.1 Å². The highest BCUT2D eigenvalue weighted by molar-refractivity contribution is 5.86. The molecule has 0 aromatic carbocycles. The molecule has 0 radical (unpaired) electrons. The summed E-state index contributed by atoms with van der Waals surface area (Å²) in [5.41, 5.74) is 0. The third-order valence-corrected chi connectivity index (χ3v) is 3.87. The molecule has 4 N–H and O–H groups in total. The summed E-state index contributed by atoms with van der Waals surface area (Å²) >= 11 is 0. The second-order valence-electron chi connectivity index (χ2n) is 6.04. The zero-order valence-corrected chi connectivity index (χ0v) is 20.2. The van der Waals surface area contributed by atoms with Crippen molar-refractivity contribution in [2.75, 3.05) is 52.4 Å². The molecule has 166 valence electrons. The van der Waals surface area contributed by atoms with Gasteiger partial charge in [0.15, 0.2) is 0 Å². The number of hydrogen-bond acceptors (Lipinski definition) is 4. The predicted octanol–water partition coefficient (Wildman–Crippen LogP) is 4.19. The third-order valence-electron chi connectivity index (χ3n) is 3.87. The molecule has 0 saturated carbocycles. The molecule has 0 rings (SSSR count). The molecule has 0 spiro atoms. The van der Waals surface area contributed by atoms with Crippen molar-refractivity contribution in [2.45, 2.75) is 65.2 Å². The highest BCUT2D eigenvalue weighted by Crippen LogP contribution is 2.04. The van der Waals surface area contributed by atoms with Crippen LogP contribution in [0.25, 0.3) is 0 Å². The molecule has 0 saturated heterocycles. The molecule has 0 bridgehead atoms. The Morgan fingerprint density at radius 2 is 0.615 bits per heavy atom. The maximum Gasteiger partial charge on any atom is -0.00368 e. The minimum absolute atomic E-state index is 0. The Morgan fingerprint density at radius 1 is 0.346 bits per heavy atom. The first-order chi connectivity index (χ1) is 10.9. The van der Waals surface area contributed by atoms with E-state index in [1.54, 1.807) is 0 Å². The summed E-state index contributed by atoms with van der Waals surface area (Å²) in [7, 11) is 0. The van der Waals surface area contributed by atoms with Gasteiger partial charge in [0.2, 0.25) is 0 Å². The van der Waals surface area contributed by atoms with Crippen LogP contribution in [0.5, 0.6) is 0 Å². The van der Waals surface area contributed by atoms with Gasteiger partial charge in [0.1, 0.15) is 0 Å². The molecule has 8 heteroatoms. The number of hydrogen-bond donors (Lipinski definition) is 4. The van der Waals surface area contributed by atoms with Crippen molar-refractivity contribution in [3.05, 3.63) is 0 Å². The van der Waals surface area contributed by atoms with E-state index in [2.05, 4.69) is 35.1 Å². The lowest BCUT2D eigenvalue weighted by Crippen LogP contribution is -2.22. The molecular formula is C18H46Cl4N4. The molecule has 26 heavy (non-hydrogen) atoms. The first-order valence-corrected chi connectivity index (χ1v) is 9.74. The Balaban J connectivity index is -0.000000367. The number of halogens is 4. The molecule has 0 aliphatic heterocycles. The van der Waals surface area contributed by atoms with E-state index >= 15 is 0 Å². The van der Waals surface area contributed by atoms with Crippen molar-refractivity contribution in [3.8, 4) is 0 Å². The van der Waals surface area contributed by atoms with Crippen molar-refractivity contribution in [1.82, 2.24) is 21.3 Å². The third kappa shape index (κ3) is 36.0. The van der Waals surface area contributed by atoms with Crippen molar-refractivity contribution < 1.29 is 0 Å². The summed E-state index contributed by atoms with van der Waals surface area (Å²) in [4.78, 5) is 0. The highest BCUT2D eigenvalue weighted by Gasteiger charge is 1.93. The molecule has 0 aromatic rings. The predicted molar refractivity (Wildman–Crippen MR) is 129 cm³/mol. The molecule has 0 heterocycles. The summed E-state index contributed by atoms with van der Waals surface area (Å²) in [6, 6.07) is 0. The molecule has 0 amide bonds. The van der Waals surface area contributed by atoms with E-state index in [4.69, 9.17) is 0 Å². The van der Waals surface area contributed by atoms with Crippen LogP contribution in [0.15, 0.2) is 0 Å². The smallest absolute Gasteiger partial charge is 0.00368 e.